The van der Waals surface area contributed by atoms with E-state index in [4.69, 9.17) is 0 Å². The minimum atomic E-state index is -4.29. The number of nitrogens with one attached hydrogen (secondary N) is 1. The van der Waals surface area contributed by atoms with E-state index in [-0.39, 0.29) is 18.5 Å². The summed E-state index contributed by atoms with van der Waals surface area (Å²) in [4.78, 5) is 6.44. The number of aryl methyl sites for hydroxylation is 1. The Balaban J connectivity index is 1.61. The first-order chi connectivity index (χ1) is 12.8. The van der Waals surface area contributed by atoms with Crippen LogP contribution >= 0.6 is 0 Å². The summed E-state index contributed by atoms with van der Waals surface area (Å²) in [5, 5.41) is 7.56. The molecule has 2 aromatic rings. The fourth-order valence-electron chi connectivity index (χ4n) is 4.19. The first-order valence-electron chi connectivity index (χ1n) is 9.39. The second kappa shape index (κ2) is 6.82. The molecule has 0 bridgehead atoms. The second-order valence-electron chi connectivity index (χ2n) is 7.67. The van der Waals surface area contributed by atoms with E-state index in [1.165, 1.54) is 5.56 Å². The number of alkyl halides is 3. The molecule has 0 saturated carbocycles. The Kier molecular flexibility index (Phi) is 4.61. The van der Waals surface area contributed by atoms with Gasteiger partial charge < -0.3 is 5.32 Å². The van der Waals surface area contributed by atoms with E-state index in [0.29, 0.717) is 5.82 Å². The van der Waals surface area contributed by atoms with Crippen molar-refractivity contribution >= 4 is 5.82 Å². The predicted molar refractivity (Wildman–Crippen MR) is 96.4 cm³/mol. The number of fused-ring (bicyclic) bond motifs is 1. The van der Waals surface area contributed by atoms with Crippen LogP contribution in [-0.2, 0) is 6.54 Å². The van der Waals surface area contributed by atoms with Gasteiger partial charge in [0, 0.05) is 31.0 Å². The summed E-state index contributed by atoms with van der Waals surface area (Å²) in [6.07, 6.45) is 1.26. The number of rotatable bonds is 3. The van der Waals surface area contributed by atoms with E-state index in [1.54, 1.807) is 19.2 Å². The molecule has 2 aliphatic heterocycles. The van der Waals surface area contributed by atoms with E-state index < -0.39 is 12.2 Å². The van der Waals surface area contributed by atoms with Crippen molar-refractivity contribution in [1.82, 2.24) is 19.7 Å². The lowest BCUT2D eigenvalue weighted by atomic mass is 10.1. The normalized spacial score (nSPS) is 26.0. The van der Waals surface area contributed by atoms with Gasteiger partial charge in [0.2, 0.25) is 0 Å². The van der Waals surface area contributed by atoms with Gasteiger partial charge in [-0.05, 0) is 56.8 Å². The van der Waals surface area contributed by atoms with Crippen LogP contribution < -0.4 is 5.32 Å². The summed E-state index contributed by atoms with van der Waals surface area (Å²) in [6, 6.07) is 2.06. The number of hydrogen-bond acceptors (Lipinski definition) is 4. The van der Waals surface area contributed by atoms with Crippen molar-refractivity contribution < 1.29 is 13.2 Å². The molecule has 0 unspecified atom stereocenters. The Morgan fingerprint density at radius 2 is 2.15 bits per heavy atom. The standard InChI is InChI=1S/C19H24F3N5/c1-12-10-23-6-5-14(12)11-26-7-3-4-16(26)15-9-18-24-13(2)8-17(19(20,21)22)27(18)25-15/h5-6,9-10,13,16-17,24H,3-4,7-8,11H2,1-2H3/t13-,16-,17-/m1/s1. The highest BCUT2D eigenvalue weighted by molar-refractivity contribution is 5.42. The SMILES string of the molecule is Cc1cnccc1CN1CCC[C@@H]1c1cc2n(n1)[C@@H](C(F)(F)F)C[C@@H](C)N2. The average molecular weight is 379 g/mol. The molecule has 2 aromatic heterocycles. The molecule has 4 rings (SSSR count). The Bertz CT molecular complexity index is 816. The number of pyridine rings is 1. The highest BCUT2D eigenvalue weighted by Gasteiger charge is 2.46. The maximum absolute atomic E-state index is 13.5. The fraction of sp³-hybridized carbons (Fsp3) is 0.579. The zero-order valence-corrected chi connectivity index (χ0v) is 15.5. The zero-order chi connectivity index (χ0) is 19.2. The first-order valence-corrected chi connectivity index (χ1v) is 9.39. The summed E-state index contributed by atoms with van der Waals surface area (Å²) < 4.78 is 41.6. The highest BCUT2D eigenvalue weighted by atomic mass is 19.4. The third-order valence-corrected chi connectivity index (χ3v) is 5.61. The molecule has 0 radical (unpaired) electrons. The number of nitrogens with zero attached hydrogens (tertiary/aromatic N) is 4. The van der Waals surface area contributed by atoms with Crippen molar-refractivity contribution in [2.24, 2.45) is 0 Å². The van der Waals surface area contributed by atoms with Gasteiger partial charge in [-0.3, -0.25) is 9.88 Å². The highest BCUT2D eigenvalue weighted by Crippen LogP contribution is 2.41. The quantitative estimate of drug-likeness (QED) is 0.867. The summed E-state index contributed by atoms with van der Waals surface area (Å²) in [6.45, 7) is 5.49. The molecular formula is C19H24F3N5. The smallest absolute Gasteiger partial charge is 0.368 e. The van der Waals surface area contributed by atoms with Gasteiger partial charge in [0.05, 0.1) is 11.7 Å². The molecule has 2 aliphatic rings. The molecule has 4 heterocycles. The monoisotopic (exact) mass is 379 g/mol. The molecule has 0 aliphatic carbocycles. The van der Waals surface area contributed by atoms with Crippen molar-refractivity contribution in [3.63, 3.8) is 0 Å². The van der Waals surface area contributed by atoms with Crippen LogP contribution in [0.3, 0.4) is 0 Å². The molecule has 146 valence electrons. The minimum absolute atomic E-state index is 0.00219. The van der Waals surface area contributed by atoms with Gasteiger partial charge in [-0.25, -0.2) is 4.68 Å². The Labute approximate surface area is 156 Å². The van der Waals surface area contributed by atoms with Gasteiger partial charge >= 0.3 is 6.18 Å². The van der Waals surface area contributed by atoms with Crippen LogP contribution in [0.1, 0.15) is 55.1 Å². The molecule has 1 saturated heterocycles. The molecule has 27 heavy (non-hydrogen) atoms. The van der Waals surface area contributed by atoms with Crippen LogP contribution in [0.5, 0.6) is 0 Å². The van der Waals surface area contributed by atoms with Crippen LogP contribution in [0, 0.1) is 6.92 Å². The molecule has 3 atom stereocenters. The zero-order valence-electron chi connectivity index (χ0n) is 15.5. The number of likely N-dealkylation sites (tertiary alicyclic amines) is 1. The summed E-state index contributed by atoms with van der Waals surface area (Å²) >= 11 is 0. The van der Waals surface area contributed by atoms with E-state index in [9.17, 15) is 13.2 Å². The lowest BCUT2D eigenvalue weighted by molar-refractivity contribution is -0.173. The summed E-state index contributed by atoms with van der Waals surface area (Å²) in [7, 11) is 0. The van der Waals surface area contributed by atoms with Gasteiger partial charge in [-0.2, -0.15) is 18.3 Å². The van der Waals surface area contributed by atoms with E-state index in [1.807, 2.05) is 19.2 Å². The van der Waals surface area contributed by atoms with Gasteiger partial charge in [0.25, 0.3) is 0 Å². The third kappa shape index (κ3) is 3.54. The Hall–Kier alpha value is -2.09. The lowest BCUT2D eigenvalue weighted by Crippen LogP contribution is -2.37. The summed E-state index contributed by atoms with van der Waals surface area (Å²) in [5.74, 6) is 0.470. The minimum Gasteiger partial charge on any atom is -0.368 e. The Morgan fingerprint density at radius 1 is 1.33 bits per heavy atom. The van der Waals surface area contributed by atoms with Crippen molar-refractivity contribution in [1.29, 1.82) is 0 Å². The molecule has 0 spiro atoms. The van der Waals surface area contributed by atoms with Crippen molar-refractivity contribution in [3.8, 4) is 0 Å². The van der Waals surface area contributed by atoms with Gasteiger partial charge in [0.15, 0.2) is 6.04 Å². The van der Waals surface area contributed by atoms with Crippen LogP contribution in [0.15, 0.2) is 24.5 Å². The number of aromatic nitrogens is 3. The molecule has 1 N–H and O–H groups in total. The fourth-order valence-corrected chi connectivity index (χ4v) is 4.19. The van der Waals surface area contributed by atoms with Gasteiger partial charge in [-0.1, -0.05) is 0 Å². The summed E-state index contributed by atoms with van der Waals surface area (Å²) in [5.41, 5.74) is 3.05. The van der Waals surface area contributed by atoms with Gasteiger partial charge in [0.1, 0.15) is 5.82 Å². The van der Waals surface area contributed by atoms with Crippen LogP contribution in [0.4, 0.5) is 19.0 Å². The van der Waals surface area contributed by atoms with Crippen LogP contribution in [-0.4, -0.2) is 38.4 Å². The topological polar surface area (TPSA) is 46.0 Å². The number of hydrogen-bond donors (Lipinski definition) is 1. The van der Waals surface area contributed by atoms with Crippen molar-refractivity contribution in [2.45, 2.75) is 64.0 Å². The number of anilines is 1. The number of halogens is 3. The molecule has 8 heteroatoms. The first kappa shape index (κ1) is 18.3. The van der Waals surface area contributed by atoms with Crippen molar-refractivity contribution in [2.75, 3.05) is 11.9 Å². The molecule has 5 nitrogen and oxygen atoms in total. The molecule has 0 aromatic carbocycles. The van der Waals surface area contributed by atoms with E-state index in [2.05, 4.69) is 20.3 Å². The average Bonchev–Trinajstić information content (AvgIpc) is 3.21. The molecule has 1 fully saturated rings. The van der Waals surface area contributed by atoms with E-state index >= 15 is 0 Å². The second-order valence-corrected chi connectivity index (χ2v) is 7.67. The molecule has 0 amide bonds. The lowest BCUT2D eigenvalue weighted by Gasteiger charge is -2.31. The molecular weight excluding hydrogens is 355 g/mol. The van der Waals surface area contributed by atoms with Gasteiger partial charge in [-0.15, -0.1) is 0 Å². The maximum atomic E-state index is 13.5. The largest absolute Gasteiger partial charge is 0.410 e. The maximum Gasteiger partial charge on any atom is 0.410 e. The van der Waals surface area contributed by atoms with Crippen LogP contribution in [0.2, 0.25) is 0 Å². The Morgan fingerprint density at radius 3 is 2.89 bits per heavy atom. The van der Waals surface area contributed by atoms with Crippen LogP contribution in [0.25, 0.3) is 0 Å². The third-order valence-electron chi connectivity index (χ3n) is 5.61. The van der Waals surface area contributed by atoms with Crippen molar-refractivity contribution in [3.05, 3.63) is 41.3 Å². The van der Waals surface area contributed by atoms with E-state index in [0.717, 1.165) is 41.9 Å². The predicted octanol–water partition coefficient (Wildman–Crippen LogP) is 4.23.